The summed E-state index contributed by atoms with van der Waals surface area (Å²) >= 11 is 1.13. The van der Waals surface area contributed by atoms with Crippen LogP contribution in [-0.4, -0.2) is 16.6 Å². The van der Waals surface area contributed by atoms with Crippen LogP contribution in [0.1, 0.15) is 61.9 Å². The first-order chi connectivity index (χ1) is 13.8. The summed E-state index contributed by atoms with van der Waals surface area (Å²) in [5.74, 6) is 0.664. The average molecular weight is 408 g/mol. The molecule has 7 heteroatoms. The van der Waals surface area contributed by atoms with Crippen LogP contribution in [0, 0.1) is 28.6 Å². The Morgan fingerprint density at radius 2 is 1.69 bits per heavy atom. The zero-order valence-electron chi connectivity index (χ0n) is 17.1. The molecule has 150 valence electrons. The SMILES string of the molecule is CC(C)c1ccc([C@H](NC(=O)CSc2nc(N)c(C#N)cc2C#N)C(C)C)cc1. The van der Waals surface area contributed by atoms with E-state index in [0.717, 1.165) is 17.3 Å². The van der Waals surface area contributed by atoms with E-state index >= 15 is 0 Å². The van der Waals surface area contributed by atoms with Crippen LogP contribution in [-0.2, 0) is 4.79 Å². The largest absolute Gasteiger partial charge is 0.383 e. The van der Waals surface area contributed by atoms with Crippen LogP contribution in [0.5, 0.6) is 0 Å². The highest BCUT2D eigenvalue weighted by Crippen LogP contribution is 2.26. The topological polar surface area (TPSA) is 116 Å². The zero-order chi connectivity index (χ0) is 21.6. The summed E-state index contributed by atoms with van der Waals surface area (Å²) in [5, 5.41) is 21.7. The number of nitrogens with zero attached hydrogens (tertiary/aromatic N) is 3. The first-order valence-electron chi connectivity index (χ1n) is 9.39. The van der Waals surface area contributed by atoms with Crippen molar-refractivity contribution in [2.75, 3.05) is 11.5 Å². The maximum atomic E-state index is 12.6. The van der Waals surface area contributed by atoms with Gasteiger partial charge in [-0.15, -0.1) is 0 Å². The first-order valence-corrected chi connectivity index (χ1v) is 10.4. The minimum absolute atomic E-state index is 0.0553. The number of hydrogen-bond donors (Lipinski definition) is 2. The molecule has 6 nitrogen and oxygen atoms in total. The van der Waals surface area contributed by atoms with Gasteiger partial charge in [0.2, 0.25) is 5.91 Å². The summed E-state index contributed by atoms with van der Waals surface area (Å²) in [7, 11) is 0. The van der Waals surface area contributed by atoms with E-state index in [-0.39, 0.29) is 40.6 Å². The number of pyridine rings is 1. The summed E-state index contributed by atoms with van der Waals surface area (Å²) in [4.78, 5) is 16.7. The number of carbonyl (C=O) groups excluding carboxylic acids is 1. The van der Waals surface area contributed by atoms with Crippen LogP contribution in [0.2, 0.25) is 0 Å². The molecular weight excluding hydrogens is 382 g/mol. The number of amides is 1. The molecule has 0 aliphatic rings. The van der Waals surface area contributed by atoms with Gasteiger partial charge < -0.3 is 11.1 Å². The van der Waals surface area contributed by atoms with Gasteiger partial charge in [0.15, 0.2) is 0 Å². The molecule has 3 N–H and O–H groups in total. The van der Waals surface area contributed by atoms with Gasteiger partial charge in [0, 0.05) is 0 Å². The molecule has 0 saturated heterocycles. The molecule has 0 fully saturated rings. The van der Waals surface area contributed by atoms with Gasteiger partial charge in [-0.25, -0.2) is 4.98 Å². The number of thioether (sulfide) groups is 1. The highest BCUT2D eigenvalue weighted by molar-refractivity contribution is 8.00. The number of carbonyl (C=O) groups is 1. The molecule has 0 radical (unpaired) electrons. The Balaban J connectivity index is 2.09. The Morgan fingerprint density at radius 1 is 1.10 bits per heavy atom. The number of nitrogen functional groups attached to an aromatic ring is 1. The molecular formula is C22H25N5OS. The van der Waals surface area contributed by atoms with Crippen molar-refractivity contribution in [3.8, 4) is 12.1 Å². The Hall–Kier alpha value is -3.03. The molecule has 0 aliphatic carbocycles. The van der Waals surface area contributed by atoms with Crippen LogP contribution >= 0.6 is 11.8 Å². The highest BCUT2D eigenvalue weighted by atomic mass is 32.2. The van der Waals surface area contributed by atoms with E-state index < -0.39 is 0 Å². The lowest BCUT2D eigenvalue weighted by Crippen LogP contribution is -2.33. The van der Waals surface area contributed by atoms with E-state index in [1.807, 2.05) is 12.1 Å². The molecule has 2 rings (SSSR count). The molecule has 0 unspecified atom stereocenters. The molecule has 0 saturated carbocycles. The second kappa shape index (κ2) is 9.95. The average Bonchev–Trinajstić information content (AvgIpc) is 2.70. The van der Waals surface area contributed by atoms with Gasteiger partial charge in [-0.2, -0.15) is 10.5 Å². The fraction of sp³-hybridized carbons (Fsp3) is 0.364. The van der Waals surface area contributed by atoms with E-state index in [0.29, 0.717) is 10.9 Å². The van der Waals surface area contributed by atoms with Gasteiger partial charge in [-0.1, -0.05) is 63.7 Å². The van der Waals surface area contributed by atoms with E-state index in [2.05, 4.69) is 62.3 Å². The summed E-state index contributed by atoms with van der Waals surface area (Å²) in [6, 6.07) is 13.5. The number of anilines is 1. The summed E-state index contributed by atoms with van der Waals surface area (Å²) in [6.07, 6.45) is 0. The van der Waals surface area contributed by atoms with Gasteiger partial charge in [-0.05, 0) is 29.0 Å². The van der Waals surface area contributed by atoms with E-state index in [1.165, 1.54) is 11.6 Å². The predicted octanol–water partition coefficient (Wildman–Crippen LogP) is 4.14. The lowest BCUT2D eigenvalue weighted by atomic mass is 9.93. The lowest BCUT2D eigenvalue weighted by Gasteiger charge is -2.23. The molecule has 1 aromatic heterocycles. The third-order valence-electron chi connectivity index (χ3n) is 4.54. The van der Waals surface area contributed by atoms with Gasteiger partial charge in [0.1, 0.15) is 23.0 Å². The number of nitrogens with one attached hydrogen (secondary N) is 1. The van der Waals surface area contributed by atoms with Gasteiger partial charge in [0.05, 0.1) is 22.9 Å². The van der Waals surface area contributed by atoms with Gasteiger partial charge in [-0.3, -0.25) is 4.79 Å². The first kappa shape index (κ1) is 22.3. The standard InChI is InChI=1S/C22H25N5OS/c1-13(2)15-5-7-16(8-6-15)20(14(3)4)26-19(28)12-29-22-18(11-24)9-17(10-23)21(25)27-22/h5-9,13-14,20H,12H2,1-4H3,(H2,25,27)(H,26,28)/t20-/m1/s1. The van der Waals surface area contributed by atoms with Crippen LogP contribution in [0.4, 0.5) is 5.82 Å². The molecule has 1 aromatic carbocycles. The van der Waals surface area contributed by atoms with Crippen molar-refractivity contribution in [2.45, 2.75) is 44.7 Å². The van der Waals surface area contributed by atoms with Crippen molar-refractivity contribution >= 4 is 23.5 Å². The Labute approximate surface area is 176 Å². The molecule has 1 atom stereocenters. The number of benzene rings is 1. The van der Waals surface area contributed by atoms with Crippen LogP contribution in [0.15, 0.2) is 35.4 Å². The summed E-state index contributed by atoms with van der Waals surface area (Å²) < 4.78 is 0. The number of rotatable bonds is 7. The minimum atomic E-state index is -0.157. The molecule has 0 spiro atoms. The molecule has 1 amide bonds. The second-order valence-electron chi connectivity index (χ2n) is 7.40. The zero-order valence-corrected chi connectivity index (χ0v) is 17.9. The third-order valence-corrected chi connectivity index (χ3v) is 5.53. The number of hydrogen-bond acceptors (Lipinski definition) is 6. The maximum Gasteiger partial charge on any atom is 0.230 e. The quantitative estimate of drug-likeness (QED) is 0.667. The molecule has 2 aromatic rings. The van der Waals surface area contributed by atoms with Crippen molar-refractivity contribution in [1.82, 2.24) is 10.3 Å². The fourth-order valence-corrected chi connectivity index (χ4v) is 3.64. The van der Waals surface area contributed by atoms with Crippen LogP contribution in [0.3, 0.4) is 0 Å². The lowest BCUT2D eigenvalue weighted by molar-refractivity contribution is -0.119. The Morgan fingerprint density at radius 3 is 2.21 bits per heavy atom. The molecule has 29 heavy (non-hydrogen) atoms. The third kappa shape index (κ3) is 5.73. The minimum Gasteiger partial charge on any atom is -0.383 e. The number of nitriles is 2. The van der Waals surface area contributed by atoms with Crippen molar-refractivity contribution in [3.63, 3.8) is 0 Å². The van der Waals surface area contributed by atoms with Gasteiger partial charge in [0.25, 0.3) is 0 Å². The molecule has 1 heterocycles. The monoisotopic (exact) mass is 407 g/mol. The summed E-state index contributed by atoms with van der Waals surface area (Å²) in [6.45, 7) is 8.41. The predicted molar refractivity (Wildman–Crippen MR) is 115 cm³/mol. The summed E-state index contributed by atoms with van der Waals surface area (Å²) in [5.41, 5.74) is 8.43. The van der Waals surface area contributed by atoms with Crippen molar-refractivity contribution in [3.05, 3.63) is 52.6 Å². The van der Waals surface area contributed by atoms with Crippen molar-refractivity contribution in [1.29, 1.82) is 10.5 Å². The second-order valence-corrected chi connectivity index (χ2v) is 8.36. The Bertz CT molecular complexity index is 955. The van der Waals surface area contributed by atoms with Crippen molar-refractivity contribution < 1.29 is 4.79 Å². The number of aromatic nitrogens is 1. The van der Waals surface area contributed by atoms with E-state index in [4.69, 9.17) is 11.0 Å². The normalized spacial score (nSPS) is 11.7. The van der Waals surface area contributed by atoms with E-state index in [9.17, 15) is 10.1 Å². The van der Waals surface area contributed by atoms with Crippen molar-refractivity contribution in [2.24, 2.45) is 5.92 Å². The maximum absolute atomic E-state index is 12.6. The highest BCUT2D eigenvalue weighted by Gasteiger charge is 2.19. The molecule has 0 bridgehead atoms. The fourth-order valence-electron chi connectivity index (χ4n) is 2.86. The van der Waals surface area contributed by atoms with E-state index in [1.54, 1.807) is 0 Å². The van der Waals surface area contributed by atoms with Crippen LogP contribution in [0.25, 0.3) is 0 Å². The van der Waals surface area contributed by atoms with Gasteiger partial charge >= 0.3 is 0 Å². The smallest absolute Gasteiger partial charge is 0.230 e. The number of nitrogens with two attached hydrogens (primary N) is 1. The Kier molecular flexibility index (Phi) is 7.64. The van der Waals surface area contributed by atoms with Crippen LogP contribution < -0.4 is 11.1 Å². The molecule has 0 aliphatic heterocycles.